The Morgan fingerprint density at radius 2 is 1.95 bits per heavy atom. The Morgan fingerprint density at radius 3 is 2.63 bits per heavy atom. The molecule has 0 atom stereocenters. The molecule has 0 radical (unpaired) electrons. The van der Waals surface area contributed by atoms with Crippen molar-refractivity contribution in [2.75, 3.05) is 6.54 Å². The molecular formula is C16H22N2S. The molecule has 0 unspecified atom stereocenters. The van der Waals surface area contributed by atoms with Crippen LogP contribution in [0.1, 0.15) is 37.1 Å². The molecule has 0 bridgehead atoms. The van der Waals surface area contributed by atoms with Gasteiger partial charge in [-0.3, -0.25) is 0 Å². The van der Waals surface area contributed by atoms with Crippen LogP contribution < -0.4 is 5.32 Å². The summed E-state index contributed by atoms with van der Waals surface area (Å²) in [5, 5.41) is 4.58. The van der Waals surface area contributed by atoms with Crippen LogP contribution in [0.5, 0.6) is 0 Å². The van der Waals surface area contributed by atoms with Crippen molar-refractivity contribution < 1.29 is 0 Å². The summed E-state index contributed by atoms with van der Waals surface area (Å²) in [4.78, 5) is 5.83. The zero-order chi connectivity index (χ0) is 13.5. The van der Waals surface area contributed by atoms with E-state index >= 15 is 0 Å². The van der Waals surface area contributed by atoms with E-state index in [0.717, 1.165) is 24.5 Å². The van der Waals surface area contributed by atoms with E-state index in [1.807, 2.05) is 6.20 Å². The number of aromatic nitrogens is 1. The average Bonchev–Trinajstić information content (AvgIpc) is 2.92. The highest BCUT2D eigenvalue weighted by molar-refractivity contribution is 7.15. The quantitative estimate of drug-likeness (QED) is 0.763. The lowest BCUT2D eigenvalue weighted by Crippen LogP contribution is -2.13. The van der Waals surface area contributed by atoms with Crippen molar-refractivity contribution in [3.8, 4) is 10.6 Å². The highest BCUT2D eigenvalue weighted by Crippen LogP contribution is 2.25. The highest BCUT2D eigenvalue weighted by Gasteiger charge is 2.04. The van der Waals surface area contributed by atoms with Crippen LogP contribution in [-0.4, -0.2) is 11.5 Å². The first-order valence-corrected chi connectivity index (χ1v) is 7.90. The van der Waals surface area contributed by atoms with E-state index < -0.39 is 0 Å². The van der Waals surface area contributed by atoms with Crippen molar-refractivity contribution in [2.24, 2.45) is 0 Å². The summed E-state index contributed by atoms with van der Waals surface area (Å²) in [5.74, 6) is 0. The lowest BCUT2D eigenvalue weighted by Gasteiger charge is -2.00. The van der Waals surface area contributed by atoms with E-state index in [2.05, 4.69) is 48.4 Å². The Hall–Kier alpha value is -1.19. The lowest BCUT2D eigenvalue weighted by atomic mass is 10.1. The van der Waals surface area contributed by atoms with Gasteiger partial charge in [-0.1, -0.05) is 44.5 Å². The minimum Gasteiger partial charge on any atom is -0.312 e. The molecule has 1 aromatic heterocycles. The second-order valence-electron chi connectivity index (χ2n) is 4.71. The Morgan fingerprint density at radius 1 is 1.16 bits per heavy atom. The Kier molecular flexibility index (Phi) is 5.55. The van der Waals surface area contributed by atoms with Crippen molar-refractivity contribution in [3.05, 3.63) is 40.9 Å². The molecule has 0 aliphatic heterocycles. The largest absolute Gasteiger partial charge is 0.312 e. The Balaban J connectivity index is 1.95. The van der Waals surface area contributed by atoms with Crippen LogP contribution in [0.15, 0.2) is 30.5 Å². The van der Waals surface area contributed by atoms with Crippen LogP contribution in [0.2, 0.25) is 0 Å². The molecule has 2 aromatic rings. The maximum atomic E-state index is 4.52. The third kappa shape index (κ3) is 4.15. The number of thiazole rings is 1. The van der Waals surface area contributed by atoms with Crippen molar-refractivity contribution >= 4 is 11.3 Å². The van der Waals surface area contributed by atoms with Gasteiger partial charge in [-0.25, -0.2) is 4.98 Å². The molecule has 0 fully saturated rings. The standard InChI is InChI=1S/C16H22N2S/c1-3-5-10-17-11-15-12-18-16(19-15)14-8-6-13(4-2)7-9-14/h6-9,12,17H,3-5,10-11H2,1-2H3. The second-order valence-corrected chi connectivity index (χ2v) is 5.83. The normalized spacial score (nSPS) is 10.8. The van der Waals surface area contributed by atoms with Crippen molar-refractivity contribution in [2.45, 2.75) is 39.7 Å². The van der Waals surface area contributed by atoms with E-state index in [1.54, 1.807) is 11.3 Å². The summed E-state index contributed by atoms with van der Waals surface area (Å²) in [6, 6.07) is 8.73. The highest BCUT2D eigenvalue weighted by atomic mass is 32.1. The van der Waals surface area contributed by atoms with Crippen molar-refractivity contribution in [1.82, 2.24) is 10.3 Å². The number of aryl methyl sites for hydroxylation is 1. The fraction of sp³-hybridized carbons (Fsp3) is 0.438. The van der Waals surface area contributed by atoms with E-state index in [1.165, 1.54) is 28.8 Å². The summed E-state index contributed by atoms with van der Waals surface area (Å²) in [6.07, 6.45) is 5.56. The van der Waals surface area contributed by atoms with Gasteiger partial charge in [0, 0.05) is 23.2 Å². The van der Waals surface area contributed by atoms with E-state index in [4.69, 9.17) is 0 Å². The van der Waals surface area contributed by atoms with Crippen LogP contribution in [-0.2, 0) is 13.0 Å². The number of hydrogen-bond donors (Lipinski definition) is 1. The van der Waals surface area contributed by atoms with E-state index in [0.29, 0.717) is 0 Å². The molecular weight excluding hydrogens is 252 g/mol. The number of unbranched alkanes of at least 4 members (excludes halogenated alkanes) is 1. The summed E-state index contributed by atoms with van der Waals surface area (Å²) in [7, 11) is 0. The summed E-state index contributed by atoms with van der Waals surface area (Å²) >= 11 is 1.78. The number of nitrogens with one attached hydrogen (secondary N) is 1. The number of rotatable bonds is 7. The number of hydrogen-bond acceptors (Lipinski definition) is 3. The molecule has 2 rings (SSSR count). The SMILES string of the molecule is CCCCNCc1cnc(-c2ccc(CC)cc2)s1. The number of benzene rings is 1. The molecule has 1 heterocycles. The fourth-order valence-electron chi connectivity index (χ4n) is 1.92. The first-order valence-electron chi connectivity index (χ1n) is 7.08. The van der Waals surface area contributed by atoms with Gasteiger partial charge in [0.2, 0.25) is 0 Å². The Labute approximate surface area is 119 Å². The van der Waals surface area contributed by atoms with Crippen LogP contribution >= 0.6 is 11.3 Å². The topological polar surface area (TPSA) is 24.9 Å². The van der Waals surface area contributed by atoms with Crippen molar-refractivity contribution in [3.63, 3.8) is 0 Å². The molecule has 0 saturated carbocycles. The maximum Gasteiger partial charge on any atom is 0.123 e. The van der Waals surface area contributed by atoms with E-state index in [-0.39, 0.29) is 0 Å². The molecule has 2 nitrogen and oxygen atoms in total. The molecule has 19 heavy (non-hydrogen) atoms. The summed E-state index contributed by atoms with van der Waals surface area (Å²) in [6.45, 7) is 6.42. The molecule has 0 saturated heterocycles. The molecule has 102 valence electrons. The zero-order valence-corrected chi connectivity index (χ0v) is 12.6. The minimum absolute atomic E-state index is 0.935. The second kappa shape index (κ2) is 7.41. The fourth-order valence-corrected chi connectivity index (χ4v) is 2.81. The van der Waals surface area contributed by atoms with Crippen molar-refractivity contribution in [1.29, 1.82) is 0 Å². The van der Waals surface area contributed by atoms with Gasteiger partial charge < -0.3 is 5.32 Å². The molecule has 0 aliphatic rings. The van der Waals surface area contributed by atoms with Crippen LogP contribution in [0.25, 0.3) is 10.6 Å². The van der Waals surface area contributed by atoms with Crippen LogP contribution in [0.3, 0.4) is 0 Å². The third-order valence-electron chi connectivity index (χ3n) is 3.17. The molecule has 0 amide bonds. The predicted molar refractivity (Wildman–Crippen MR) is 83.5 cm³/mol. The van der Waals surface area contributed by atoms with Gasteiger partial charge in [-0.05, 0) is 24.9 Å². The number of nitrogens with zero attached hydrogens (tertiary/aromatic N) is 1. The zero-order valence-electron chi connectivity index (χ0n) is 11.8. The molecule has 0 aliphatic carbocycles. The van der Waals surface area contributed by atoms with E-state index in [9.17, 15) is 0 Å². The molecule has 0 spiro atoms. The van der Waals surface area contributed by atoms with Crippen LogP contribution in [0.4, 0.5) is 0 Å². The third-order valence-corrected chi connectivity index (χ3v) is 4.22. The van der Waals surface area contributed by atoms with Gasteiger partial charge in [-0.15, -0.1) is 11.3 Å². The summed E-state index contributed by atoms with van der Waals surface area (Å²) in [5.41, 5.74) is 2.60. The van der Waals surface area contributed by atoms with Gasteiger partial charge in [0.1, 0.15) is 5.01 Å². The van der Waals surface area contributed by atoms with Gasteiger partial charge in [0.05, 0.1) is 0 Å². The molecule has 1 N–H and O–H groups in total. The minimum atomic E-state index is 0.935. The van der Waals surface area contributed by atoms with Gasteiger partial charge >= 0.3 is 0 Å². The van der Waals surface area contributed by atoms with Gasteiger partial charge in [0.15, 0.2) is 0 Å². The molecule has 3 heteroatoms. The average molecular weight is 274 g/mol. The van der Waals surface area contributed by atoms with Gasteiger partial charge in [-0.2, -0.15) is 0 Å². The van der Waals surface area contributed by atoms with Crippen LogP contribution in [0, 0.1) is 0 Å². The monoisotopic (exact) mass is 274 g/mol. The van der Waals surface area contributed by atoms with Gasteiger partial charge in [0.25, 0.3) is 0 Å². The smallest absolute Gasteiger partial charge is 0.123 e. The first kappa shape index (κ1) is 14.2. The lowest BCUT2D eigenvalue weighted by molar-refractivity contribution is 0.645. The molecule has 1 aromatic carbocycles. The first-order chi connectivity index (χ1) is 9.33. The maximum absolute atomic E-state index is 4.52. The Bertz CT molecular complexity index is 488. The predicted octanol–water partition coefficient (Wildman–Crippen LogP) is 4.26. The summed E-state index contributed by atoms with van der Waals surface area (Å²) < 4.78 is 0.